The van der Waals surface area contributed by atoms with E-state index in [-0.39, 0.29) is 17.9 Å². The van der Waals surface area contributed by atoms with Crippen LogP contribution < -0.4 is 5.32 Å². The summed E-state index contributed by atoms with van der Waals surface area (Å²) in [5.74, 6) is 0.346. The second-order valence-corrected chi connectivity index (χ2v) is 5.05. The number of carbonyl (C=O) groups excluding carboxylic acids is 2. The Morgan fingerprint density at radius 3 is 2.47 bits per heavy atom. The zero-order chi connectivity index (χ0) is 13.7. The Kier molecular flexibility index (Phi) is 5.01. The van der Waals surface area contributed by atoms with Gasteiger partial charge in [-0.25, -0.2) is 4.79 Å². The van der Waals surface area contributed by atoms with Gasteiger partial charge in [0.1, 0.15) is 0 Å². The molecule has 108 valence electrons. The fraction of sp³-hybridized carbons (Fsp3) is 0.846. The van der Waals surface area contributed by atoms with E-state index in [4.69, 9.17) is 4.74 Å². The second-order valence-electron chi connectivity index (χ2n) is 5.05. The summed E-state index contributed by atoms with van der Waals surface area (Å²) in [5.41, 5.74) is 0. The standard InChI is InChI=1S/C13H23N3O3/c1-2-19-13(18)16-8-6-15(7-9-16)12(17)11-4-3-5-14-10-11/h11,14H,2-10H2,1H3/t11-/m0/s1. The Bertz CT molecular complexity index is 321. The minimum Gasteiger partial charge on any atom is -0.450 e. The summed E-state index contributed by atoms with van der Waals surface area (Å²) in [6.07, 6.45) is 1.78. The molecule has 0 bridgehead atoms. The van der Waals surface area contributed by atoms with Crippen molar-refractivity contribution in [3.8, 4) is 0 Å². The van der Waals surface area contributed by atoms with Crippen LogP contribution in [0.25, 0.3) is 0 Å². The van der Waals surface area contributed by atoms with E-state index in [2.05, 4.69) is 5.32 Å². The highest BCUT2D eigenvalue weighted by Gasteiger charge is 2.29. The van der Waals surface area contributed by atoms with Gasteiger partial charge in [0.15, 0.2) is 0 Å². The van der Waals surface area contributed by atoms with E-state index in [1.54, 1.807) is 11.8 Å². The monoisotopic (exact) mass is 269 g/mol. The molecule has 0 unspecified atom stereocenters. The van der Waals surface area contributed by atoms with Gasteiger partial charge in [-0.2, -0.15) is 0 Å². The Labute approximate surface area is 114 Å². The number of piperidine rings is 1. The van der Waals surface area contributed by atoms with Crippen LogP contribution in [0.5, 0.6) is 0 Å². The molecule has 1 N–H and O–H groups in total. The SMILES string of the molecule is CCOC(=O)N1CCN(C(=O)[C@H]2CCCNC2)CC1. The number of ether oxygens (including phenoxy) is 1. The number of carbonyl (C=O) groups is 2. The first-order valence-corrected chi connectivity index (χ1v) is 7.13. The van der Waals surface area contributed by atoms with Gasteiger partial charge in [-0.05, 0) is 26.3 Å². The van der Waals surface area contributed by atoms with Gasteiger partial charge >= 0.3 is 6.09 Å². The van der Waals surface area contributed by atoms with Crippen molar-refractivity contribution in [1.82, 2.24) is 15.1 Å². The van der Waals surface area contributed by atoms with Gasteiger partial charge in [0, 0.05) is 32.7 Å². The van der Waals surface area contributed by atoms with Crippen LogP contribution in [0, 0.1) is 5.92 Å². The molecular weight excluding hydrogens is 246 g/mol. The lowest BCUT2D eigenvalue weighted by Gasteiger charge is -2.36. The lowest BCUT2D eigenvalue weighted by atomic mass is 9.98. The topological polar surface area (TPSA) is 61.9 Å². The summed E-state index contributed by atoms with van der Waals surface area (Å²) >= 11 is 0. The molecule has 2 fully saturated rings. The number of nitrogens with one attached hydrogen (secondary N) is 1. The first-order chi connectivity index (χ1) is 9.22. The van der Waals surface area contributed by atoms with Gasteiger partial charge in [0.05, 0.1) is 12.5 Å². The average molecular weight is 269 g/mol. The molecule has 2 aliphatic rings. The van der Waals surface area contributed by atoms with Crippen LogP contribution in [0.3, 0.4) is 0 Å². The molecule has 2 aliphatic heterocycles. The molecule has 2 heterocycles. The fourth-order valence-electron chi connectivity index (χ4n) is 2.64. The first kappa shape index (κ1) is 14.1. The van der Waals surface area contributed by atoms with E-state index in [0.717, 1.165) is 25.9 Å². The highest BCUT2D eigenvalue weighted by atomic mass is 16.6. The number of nitrogens with zero attached hydrogens (tertiary/aromatic N) is 2. The predicted octanol–water partition coefficient (Wildman–Crippen LogP) is 0.287. The molecule has 0 aliphatic carbocycles. The molecule has 6 heteroatoms. The molecule has 19 heavy (non-hydrogen) atoms. The lowest BCUT2D eigenvalue weighted by Crippen LogP contribution is -2.53. The molecule has 1 atom stereocenters. The van der Waals surface area contributed by atoms with Gasteiger partial charge in [0.2, 0.25) is 5.91 Å². The average Bonchev–Trinajstić information content (AvgIpc) is 2.48. The van der Waals surface area contributed by atoms with E-state index in [1.807, 2.05) is 4.90 Å². The summed E-state index contributed by atoms with van der Waals surface area (Å²) in [6, 6.07) is 0. The zero-order valence-corrected chi connectivity index (χ0v) is 11.6. The van der Waals surface area contributed by atoms with Crippen LogP contribution in [0.15, 0.2) is 0 Å². The third kappa shape index (κ3) is 3.59. The minimum absolute atomic E-state index is 0.114. The Morgan fingerprint density at radius 1 is 1.21 bits per heavy atom. The van der Waals surface area contributed by atoms with Crippen molar-refractivity contribution in [3.05, 3.63) is 0 Å². The summed E-state index contributed by atoms with van der Waals surface area (Å²) in [5, 5.41) is 3.27. The largest absolute Gasteiger partial charge is 0.450 e. The number of piperazine rings is 1. The van der Waals surface area contributed by atoms with Crippen molar-refractivity contribution in [3.63, 3.8) is 0 Å². The Balaban J connectivity index is 1.79. The molecule has 0 aromatic rings. The maximum atomic E-state index is 12.3. The van der Waals surface area contributed by atoms with Crippen molar-refractivity contribution < 1.29 is 14.3 Å². The van der Waals surface area contributed by atoms with Crippen molar-refractivity contribution in [2.45, 2.75) is 19.8 Å². The third-order valence-corrected chi connectivity index (χ3v) is 3.76. The van der Waals surface area contributed by atoms with E-state index in [1.165, 1.54) is 0 Å². The van der Waals surface area contributed by atoms with Gasteiger partial charge in [-0.15, -0.1) is 0 Å². The van der Waals surface area contributed by atoms with Crippen molar-refractivity contribution in [2.24, 2.45) is 5.92 Å². The number of rotatable bonds is 2. The molecule has 0 aromatic carbocycles. The molecule has 0 spiro atoms. The van der Waals surface area contributed by atoms with Crippen LogP contribution in [0.1, 0.15) is 19.8 Å². The highest BCUT2D eigenvalue weighted by molar-refractivity contribution is 5.79. The fourth-order valence-corrected chi connectivity index (χ4v) is 2.64. The third-order valence-electron chi connectivity index (χ3n) is 3.76. The van der Waals surface area contributed by atoms with E-state index >= 15 is 0 Å². The molecule has 0 saturated carbocycles. The second kappa shape index (κ2) is 6.75. The van der Waals surface area contributed by atoms with Gasteiger partial charge < -0.3 is 19.9 Å². The number of amides is 2. The van der Waals surface area contributed by atoms with Crippen LogP contribution in [0.4, 0.5) is 4.79 Å². The van der Waals surface area contributed by atoms with E-state index < -0.39 is 0 Å². The molecule has 0 radical (unpaired) electrons. The maximum Gasteiger partial charge on any atom is 0.409 e. The highest BCUT2D eigenvalue weighted by Crippen LogP contribution is 2.15. The molecule has 2 saturated heterocycles. The van der Waals surface area contributed by atoms with Gasteiger partial charge in [-0.3, -0.25) is 4.79 Å². The first-order valence-electron chi connectivity index (χ1n) is 7.13. The molecule has 2 amide bonds. The van der Waals surface area contributed by atoms with Crippen LogP contribution in [0.2, 0.25) is 0 Å². The minimum atomic E-state index is -0.270. The predicted molar refractivity (Wildman–Crippen MR) is 70.8 cm³/mol. The number of hydrogen-bond acceptors (Lipinski definition) is 4. The van der Waals surface area contributed by atoms with Crippen LogP contribution in [-0.4, -0.2) is 67.7 Å². The summed E-state index contributed by atoms with van der Waals surface area (Å²) in [7, 11) is 0. The quantitative estimate of drug-likeness (QED) is 0.782. The Hall–Kier alpha value is -1.30. The van der Waals surface area contributed by atoms with E-state index in [0.29, 0.717) is 32.8 Å². The molecule has 2 rings (SSSR count). The molecule has 6 nitrogen and oxygen atoms in total. The summed E-state index contributed by atoms with van der Waals surface area (Å²) < 4.78 is 4.97. The van der Waals surface area contributed by atoms with Crippen LogP contribution >= 0.6 is 0 Å². The van der Waals surface area contributed by atoms with Crippen LogP contribution in [-0.2, 0) is 9.53 Å². The van der Waals surface area contributed by atoms with Crippen molar-refractivity contribution >= 4 is 12.0 Å². The Morgan fingerprint density at radius 2 is 1.89 bits per heavy atom. The molecular formula is C13H23N3O3. The summed E-state index contributed by atoms with van der Waals surface area (Å²) in [4.78, 5) is 27.4. The normalized spacial score (nSPS) is 24.2. The van der Waals surface area contributed by atoms with Gasteiger partial charge in [-0.1, -0.05) is 0 Å². The summed E-state index contributed by atoms with van der Waals surface area (Å²) in [6.45, 7) is 6.38. The zero-order valence-electron chi connectivity index (χ0n) is 11.6. The smallest absolute Gasteiger partial charge is 0.409 e. The van der Waals surface area contributed by atoms with Gasteiger partial charge in [0.25, 0.3) is 0 Å². The number of hydrogen-bond donors (Lipinski definition) is 1. The van der Waals surface area contributed by atoms with Crippen molar-refractivity contribution in [1.29, 1.82) is 0 Å². The lowest BCUT2D eigenvalue weighted by molar-refractivity contribution is -0.137. The molecule has 0 aromatic heterocycles. The van der Waals surface area contributed by atoms with E-state index in [9.17, 15) is 9.59 Å². The maximum absolute atomic E-state index is 12.3. The van der Waals surface area contributed by atoms with Crippen molar-refractivity contribution in [2.75, 3.05) is 45.9 Å².